The van der Waals surface area contributed by atoms with Gasteiger partial charge in [0.1, 0.15) is 0 Å². The smallest absolute Gasteiger partial charge is 0.248 e. The molecule has 0 heterocycles. The first-order valence-corrected chi connectivity index (χ1v) is 8.17. The Bertz CT molecular complexity index is 691. The maximum Gasteiger partial charge on any atom is 0.248 e. The van der Waals surface area contributed by atoms with Gasteiger partial charge in [-0.1, -0.05) is 42.0 Å². The first kappa shape index (κ1) is 17.9. The molecule has 0 aliphatic rings. The number of ketones is 1. The van der Waals surface area contributed by atoms with Crippen LogP contribution >= 0.6 is 0 Å². The van der Waals surface area contributed by atoms with E-state index in [0.29, 0.717) is 12.1 Å². The van der Waals surface area contributed by atoms with Crippen LogP contribution in [0.1, 0.15) is 45.2 Å². The molecule has 1 amide bonds. The molecule has 0 aliphatic heterocycles. The van der Waals surface area contributed by atoms with Gasteiger partial charge in [0.05, 0.1) is 6.54 Å². The lowest BCUT2D eigenvalue weighted by atomic mass is 10.0. The lowest BCUT2D eigenvalue weighted by Gasteiger charge is -2.13. The van der Waals surface area contributed by atoms with E-state index in [4.69, 9.17) is 5.73 Å². The van der Waals surface area contributed by atoms with E-state index in [9.17, 15) is 9.59 Å². The Kier molecular flexibility index (Phi) is 6.27. The Morgan fingerprint density at radius 3 is 2.17 bits per heavy atom. The van der Waals surface area contributed by atoms with Gasteiger partial charge in [-0.05, 0) is 44.4 Å². The Balaban J connectivity index is 1.76. The van der Waals surface area contributed by atoms with Gasteiger partial charge in [-0.15, -0.1) is 0 Å². The average Bonchev–Trinajstić information content (AvgIpc) is 2.58. The van der Waals surface area contributed by atoms with Crippen molar-refractivity contribution in [3.63, 3.8) is 0 Å². The maximum atomic E-state index is 12.1. The van der Waals surface area contributed by atoms with E-state index < -0.39 is 5.91 Å². The number of hydrogen-bond donors (Lipinski definition) is 2. The monoisotopic (exact) mass is 324 g/mol. The maximum absolute atomic E-state index is 12.1. The predicted octanol–water partition coefficient (Wildman–Crippen LogP) is 2.89. The number of benzene rings is 2. The molecule has 2 rings (SSSR count). The normalized spacial score (nSPS) is 11.9. The molecule has 3 N–H and O–H groups in total. The molecule has 4 nitrogen and oxygen atoms in total. The fraction of sp³-hybridized carbons (Fsp3) is 0.300. The highest BCUT2D eigenvalue weighted by molar-refractivity contribution is 5.97. The van der Waals surface area contributed by atoms with Gasteiger partial charge in [-0.3, -0.25) is 9.59 Å². The highest BCUT2D eigenvalue weighted by Gasteiger charge is 2.08. The zero-order chi connectivity index (χ0) is 17.5. The molecule has 0 bridgehead atoms. The molecule has 0 aromatic heterocycles. The third-order valence-electron chi connectivity index (χ3n) is 4.09. The van der Waals surface area contributed by atoms with Crippen molar-refractivity contribution in [3.05, 3.63) is 70.8 Å². The zero-order valence-electron chi connectivity index (χ0n) is 14.2. The molecule has 0 unspecified atom stereocenters. The van der Waals surface area contributed by atoms with Crippen molar-refractivity contribution in [3.8, 4) is 0 Å². The van der Waals surface area contributed by atoms with Crippen molar-refractivity contribution in [2.75, 3.05) is 6.54 Å². The van der Waals surface area contributed by atoms with Crippen LogP contribution in [-0.2, 0) is 6.42 Å². The van der Waals surface area contributed by atoms with E-state index in [1.54, 1.807) is 12.1 Å². The molecule has 0 aliphatic carbocycles. The Labute approximate surface area is 143 Å². The van der Waals surface area contributed by atoms with Crippen LogP contribution in [0.2, 0.25) is 0 Å². The van der Waals surface area contributed by atoms with E-state index in [1.807, 2.05) is 43.3 Å². The lowest BCUT2D eigenvalue weighted by molar-refractivity contribution is 0.0983. The molecule has 0 saturated heterocycles. The summed E-state index contributed by atoms with van der Waals surface area (Å²) in [6.07, 6.45) is 1.79. The van der Waals surface area contributed by atoms with Gasteiger partial charge in [0.25, 0.3) is 0 Å². The van der Waals surface area contributed by atoms with Crippen LogP contribution in [0.15, 0.2) is 48.5 Å². The van der Waals surface area contributed by atoms with Gasteiger partial charge in [-0.25, -0.2) is 0 Å². The van der Waals surface area contributed by atoms with Crippen LogP contribution < -0.4 is 11.1 Å². The molecule has 0 saturated carbocycles. The van der Waals surface area contributed by atoms with Gasteiger partial charge >= 0.3 is 0 Å². The van der Waals surface area contributed by atoms with Crippen LogP contribution in [-0.4, -0.2) is 24.3 Å². The Morgan fingerprint density at radius 1 is 1.00 bits per heavy atom. The summed E-state index contributed by atoms with van der Waals surface area (Å²) in [6.45, 7) is 4.41. The number of Topliss-reactive ketones (excluding diaryl/α,β-unsaturated/α-hetero) is 1. The number of primary amides is 1. The van der Waals surface area contributed by atoms with Crippen molar-refractivity contribution in [1.82, 2.24) is 5.32 Å². The highest BCUT2D eigenvalue weighted by atomic mass is 16.1. The molecular weight excluding hydrogens is 300 g/mol. The molecule has 126 valence electrons. The largest absolute Gasteiger partial charge is 0.366 e. The molecule has 24 heavy (non-hydrogen) atoms. The van der Waals surface area contributed by atoms with Gasteiger partial charge in [-0.2, -0.15) is 0 Å². The van der Waals surface area contributed by atoms with Gasteiger partial charge in [0.2, 0.25) is 5.91 Å². The van der Waals surface area contributed by atoms with Gasteiger partial charge in [0, 0.05) is 17.2 Å². The summed E-state index contributed by atoms with van der Waals surface area (Å²) in [4.78, 5) is 23.2. The topological polar surface area (TPSA) is 72.2 Å². The first-order valence-electron chi connectivity index (χ1n) is 8.17. The minimum absolute atomic E-state index is 0.104. The number of carbonyl (C=O) groups is 2. The van der Waals surface area contributed by atoms with Crippen LogP contribution in [0, 0.1) is 6.92 Å². The summed E-state index contributed by atoms with van der Waals surface area (Å²) in [5.41, 5.74) is 8.79. The van der Waals surface area contributed by atoms with Crippen molar-refractivity contribution >= 4 is 11.7 Å². The molecule has 2 aromatic carbocycles. The minimum atomic E-state index is -0.411. The molecule has 0 radical (unpaired) electrons. The van der Waals surface area contributed by atoms with Crippen LogP contribution in [0.3, 0.4) is 0 Å². The number of aryl methyl sites for hydroxylation is 2. The Morgan fingerprint density at radius 2 is 1.58 bits per heavy atom. The standard InChI is InChI=1S/C20H24N2O2/c1-14-3-9-17(10-4-14)19(23)13-22-15(2)5-6-16-7-11-18(12-8-16)20(21)24/h3-4,7-12,15,22H,5-6,13H2,1-2H3,(H2,21,24)/t15-/m1/s1. The fourth-order valence-electron chi connectivity index (χ4n) is 2.43. The number of nitrogens with two attached hydrogens (primary N) is 1. The van der Waals surface area contributed by atoms with Crippen molar-refractivity contribution in [1.29, 1.82) is 0 Å². The van der Waals surface area contributed by atoms with Gasteiger partial charge in [0.15, 0.2) is 5.78 Å². The number of carbonyl (C=O) groups excluding carboxylic acids is 2. The summed E-state index contributed by atoms with van der Waals surface area (Å²) in [5.74, 6) is -0.307. The first-order chi connectivity index (χ1) is 11.5. The summed E-state index contributed by atoms with van der Waals surface area (Å²) in [6, 6.07) is 15.2. The van der Waals surface area contributed by atoms with Crippen LogP contribution in [0.4, 0.5) is 0 Å². The third kappa shape index (κ3) is 5.32. The summed E-state index contributed by atoms with van der Waals surface area (Å²) >= 11 is 0. The van der Waals surface area contributed by atoms with Crippen molar-refractivity contribution in [2.45, 2.75) is 32.7 Å². The summed E-state index contributed by atoms with van der Waals surface area (Å²) in [5, 5.41) is 3.27. The predicted molar refractivity (Wildman–Crippen MR) is 96.3 cm³/mol. The fourth-order valence-corrected chi connectivity index (χ4v) is 2.43. The number of amides is 1. The summed E-state index contributed by atoms with van der Waals surface area (Å²) in [7, 11) is 0. The molecule has 1 atom stereocenters. The quantitative estimate of drug-likeness (QED) is 0.733. The molecule has 0 spiro atoms. The van der Waals surface area contributed by atoms with E-state index in [-0.39, 0.29) is 11.8 Å². The van der Waals surface area contributed by atoms with Crippen molar-refractivity contribution < 1.29 is 9.59 Å². The SMILES string of the molecule is Cc1ccc(C(=O)CN[C@H](C)CCc2ccc(C(N)=O)cc2)cc1. The van der Waals surface area contributed by atoms with E-state index >= 15 is 0 Å². The van der Waals surface area contributed by atoms with E-state index in [2.05, 4.69) is 12.2 Å². The second-order valence-electron chi connectivity index (χ2n) is 6.17. The van der Waals surface area contributed by atoms with Crippen molar-refractivity contribution in [2.24, 2.45) is 5.73 Å². The lowest BCUT2D eigenvalue weighted by Crippen LogP contribution is -2.31. The minimum Gasteiger partial charge on any atom is -0.366 e. The van der Waals surface area contributed by atoms with E-state index in [0.717, 1.165) is 29.5 Å². The highest BCUT2D eigenvalue weighted by Crippen LogP contribution is 2.08. The number of nitrogens with one attached hydrogen (secondary N) is 1. The molecular formula is C20H24N2O2. The molecule has 0 fully saturated rings. The number of hydrogen-bond acceptors (Lipinski definition) is 3. The second-order valence-corrected chi connectivity index (χ2v) is 6.17. The van der Waals surface area contributed by atoms with Crippen LogP contribution in [0.25, 0.3) is 0 Å². The summed E-state index contributed by atoms with van der Waals surface area (Å²) < 4.78 is 0. The van der Waals surface area contributed by atoms with Gasteiger partial charge < -0.3 is 11.1 Å². The number of rotatable bonds is 8. The third-order valence-corrected chi connectivity index (χ3v) is 4.09. The zero-order valence-corrected chi connectivity index (χ0v) is 14.2. The van der Waals surface area contributed by atoms with E-state index in [1.165, 1.54) is 0 Å². The molecule has 4 heteroatoms. The van der Waals surface area contributed by atoms with Crippen LogP contribution in [0.5, 0.6) is 0 Å². The molecule has 2 aromatic rings. The second kappa shape index (κ2) is 8.41. The average molecular weight is 324 g/mol. The Hall–Kier alpha value is -2.46.